The molecular weight excluding hydrogens is 460 g/mol. The van der Waals surface area contributed by atoms with Crippen LogP contribution in [0.25, 0.3) is 0 Å². The van der Waals surface area contributed by atoms with Gasteiger partial charge in [-0.25, -0.2) is 4.79 Å². The number of aliphatic carboxylic acids is 1. The summed E-state index contributed by atoms with van der Waals surface area (Å²) in [4.78, 5) is 66.7. The average Bonchev–Trinajstić information content (AvgIpc) is 3.24. The van der Waals surface area contributed by atoms with Crippen LogP contribution in [0.3, 0.4) is 0 Å². The molecule has 14 nitrogen and oxygen atoms in total. The van der Waals surface area contributed by atoms with E-state index >= 15 is 0 Å². The molecule has 1 aliphatic heterocycles. The van der Waals surface area contributed by atoms with Crippen LogP contribution in [0.4, 0.5) is 0 Å². The topological polar surface area (TPSA) is 249 Å². The van der Waals surface area contributed by atoms with Crippen LogP contribution in [0.1, 0.15) is 52.4 Å². The van der Waals surface area contributed by atoms with Crippen LogP contribution in [0.5, 0.6) is 0 Å². The molecule has 1 saturated heterocycles. The van der Waals surface area contributed by atoms with E-state index in [9.17, 15) is 29.1 Å². The van der Waals surface area contributed by atoms with Gasteiger partial charge in [-0.1, -0.05) is 13.8 Å². The van der Waals surface area contributed by atoms with Gasteiger partial charge in [0.25, 0.3) is 0 Å². The minimum Gasteiger partial charge on any atom is -0.480 e. The van der Waals surface area contributed by atoms with Crippen molar-refractivity contribution in [2.45, 2.75) is 76.5 Å². The summed E-state index contributed by atoms with van der Waals surface area (Å²) in [5, 5.41) is 14.2. The van der Waals surface area contributed by atoms with Crippen LogP contribution in [0, 0.1) is 5.92 Å². The molecule has 14 heteroatoms. The molecule has 4 atom stereocenters. The molecule has 1 fully saturated rings. The molecule has 1 heterocycles. The molecule has 4 amide bonds. The van der Waals surface area contributed by atoms with Crippen LogP contribution in [0.2, 0.25) is 0 Å². The largest absolute Gasteiger partial charge is 0.480 e. The van der Waals surface area contributed by atoms with Crippen molar-refractivity contribution in [3.63, 3.8) is 0 Å². The second-order valence-corrected chi connectivity index (χ2v) is 9.01. The van der Waals surface area contributed by atoms with Gasteiger partial charge in [0, 0.05) is 13.1 Å². The molecule has 1 aliphatic rings. The van der Waals surface area contributed by atoms with Gasteiger partial charge < -0.3 is 43.6 Å². The minimum atomic E-state index is -1.39. The number of hydrogen-bond donors (Lipinski definition) is 7. The maximum absolute atomic E-state index is 13.0. The van der Waals surface area contributed by atoms with Gasteiger partial charge in [0.05, 0.1) is 12.5 Å². The number of nitrogens with zero attached hydrogens (tertiary/aromatic N) is 2. The van der Waals surface area contributed by atoms with E-state index < -0.39 is 60.2 Å². The zero-order chi connectivity index (χ0) is 26.7. The first-order valence-electron chi connectivity index (χ1n) is 11.6. The SMILES string of the molecule is CC(C)CC(NC(=O)C(CC(N)=O)NC(=O)C1CCCN1C(=O)C(N)CCCN=C(N)N)C(=O)O. The summed E-state index contributed by atoms with van der Waals surface area (Å²) < 4.78 is 0. The summed E-state index contributed by atoms with van der Waals surface area (Å²) in [5.41, 5.74) is 21.8. The number of rotatable bonds is 14. The molecule has 0 aromatic rings. The lowest BCUT2D eigenvalue weighted by atomic mass is 10.0. The summed E-state index contributed by atoms with van der Waals surface area (Å²) in [6, 6.07) is -4.34. The fourth-order valence-electron chi connectivity index (χ4n) is 3.80. The number of aliphatic imine (C=N–C) groups is 1. The van der Waals surface area contributed by atoms with Crippen LogP contribution in [0.15, 0.2) is 4.99 Å². The third kappa shape index (κ3) is 10.2. The molecule has 11 N–H and O–H groups in total. The van der Waals surface area contributed by atoms with Crippen molar-refractivity contribution in [3.05, 3.63) is 0 Å². The monoisotopic (exact) mass is 498 g/mol. The zero-order valence-electron chi connectivity index (χ0n) is 20.2. The molecule has 0 aromatic heterocycles. The quantitative estimate of drug-likeness (QED) is 0.0748. The van der Waals surface area contributed by atoms with E-state index in [0.717, 1.165) is 0 Å². The maximum Gasteiger partial charge on any atom is 0.326 e. The maximum atomic E-state index is 13.0. The number of nitrogens with one attached hydrogen (secondary N) is 2. The fraction of sp³-hybridized carbons (Fsp3) is 0.714. The normalized spacial score (nSPS) is 17.8. The lowest BCUT2D eigenvalue weighted by molar-refractivity contribution is -0.143. The first kappa shape index (κ1) is 29.6. The number of carboxylic acids is 1. The standard InChI is InChI=1S/C21H38N8O6/c1-11(2)9-14(20(34)35)28-17(31)13(10-16(23)30)27-18(32)15-6-4-8-29(15)19(33)12(22)5-3-7-26-21(24)25/h11-15H,3-10,22H2,1-2H3,(H2,23,30)(H,27,32)(H,28,31)(H,34,35)(H4,24,25,26). The first-order valence-corrected chi connectivity index (χ1v) is 11.6. The molecule has 0 spiro atoms. The molecule has 4 unspecified atom stereocenters. The molecule has 0 bridgehead atoms. The van der Waals surface area contributed by atoms with Crippen molar-refractivity contribution in [1.82, 2.24) is 15.5 Å². The number of hydrogen-bond acceptors (Lipinski definition) is 7. The summed E-state index contributed by atoms with van der Waals surface area (Å²) in [7, 11) is 0. The van der Waals surface area contributed by atoms with Crippen molar-refractivity contribution in [3.8, 4) is 0 Å². The van der Waals surface area contributed by atoms with Crippen molar-refractivity contribution in [2.24, 2.45) is 33.8 Å². The Morgan fingerprint density at radius 2 is 1.74 bits per heavy atom. The second kappa shape index (κ2) is 14.1. The first-order chi connectivity index (χ1) is 16.3. The Hall–Kier alpha value is -3.42. The highest BCUT2D eigenvalue weighted by Crippen LogP contribution is 2.19. The summed E-state index contributed by atoms with van der Waals surface area (Å²) in [6.45, 7) is 4.20. The van der Waals surface area contributed by atoms with Crippen molar-refractivity contribution in [2.75, 3.05) is 13.1 Å². The minimum absolute atomic E-state index is 0.0256. The van der Waals surface area contributed by atoms with E-state index in [4.69, 9.17) is 22.9 Å². The second-order valence-electron chi connectivity index (χ2n) is 9.01. The van der Waals surface area contributed by atoms with E-state index in [1.165, 1.54) is 4.90 Å². The summed E-state index contributed by atoms with van der Waals surface area (Å²) >= 11 is 0. The van der Waals surface area contributed by atoms with Crippen molar-refractivity contribution in [1.29, 1.82) is 0 Å². The van der Waals surface area contributed by atoms with Gasteiger partial charge in [0.15, 0.2) is 5.96 Å². The van der Waals surface area contributed by atoms with Gasteiger partial charge in [0.1, 0.15) is 18.1 Å². The van der Waals surface area contributed by atoms with E-state index in [1.54, 1.807) is 13.8 Å². The lowest BCUT2D eigenvalue weighted by Crippen LogP contribution is -2.57. The Bertz CT molecular complexity index is 814. The number of guanidine groups is 1. The molecule has 1 rings (SSSR count). The van der Waals surface area contributed by atoms with Crippen molar-refractivity contribution < 1.29 is 29.1 Å². The van der Waals surface area contributed by atoms with Crippen LogP contribution in [-0.4, -0.2) is 82.8 Å². The Morgan fingerprint density at radius 3 is 2.29 bits per heavy atom. The van der Waals surface area contributed by atoms with Gasteiger partial charge in [-0.05, 0) is 38.0 Å². The summed E-state index contributed by atoms with van der Waals surface area (Å²) in [5.74, 6) is -4.11. The van der Waals surface area contributed by atoms with Gasteiger partial charge in [-0.3, -0.25) is 24.2 Å². The Morgan fingerprint density at radius 1 is 1.09 bits per heavy atom. The summed E-state index contributed by atoms with van der Waals surface area (Å²) in [6.07, 6.45) is 1.29. The Balaban J connectivity index is 2.85. The van der Waals surface area contributed by atoms with Gasteiger partial charge in [0.2, 0.25) is 23.6 Å². The molecule has 0 saturated carbocycles. The number of likely N-dealkylation sites (tertiary alicyclic amines) is 1. The molecule has 35 heavy (non-hydrogen) atoms. The number of amides is 4. The smallest absolute Gasteiger partial charge is 0.326 e. The number of nitrogens with two attached hydrogens (primary N) is 4. The van der Waals surface area contributed by atoms with E-state index in [2.05, 4.69) is 15.6 Å². The highest BCUT2D eigenvalue weighted by Gasteiger charge is 2.38. The van der Waals surface area contributed by atoms with Crippen molar-refractivity contribution >= 4 is 35.6 Å². The van der Waals surface area contributed by atoms with Crippen LogP contribution in [-0.2, 0) is 24.0 Å². The third-order valence-corrected chi connectivity index (χ3v) is 5.48. The molecule has 0 aromatic carbocycles. The zero-order valence-corrected chi connectivity index (χ0v) is 20.2. The lowest BCUT2D eigenvalue weighted by Gasteiger charge is -2.28. The average molecular weight is 499 g/mol. The third-order valence-electron chi connectivity index (χ3n) is 5.48. The Labute approximate surface area is 204 Å². The van der Waals surface area contributed by atoms with E-state index in [-0.39, 0.29) is 18.3 Å². The van der Waals surface area contributed by atoms with E-state index in [0.29, 0.717) is 38.8 Å². The number of carbonyl (C=O) groups excluding carboxylic acids is 4. The van der Waals surface area contributed by atoms with Crippen LogP contribution >= 0.6 is 0 Å². The van der Waals surface area contributed by atoms with E-state index in [1.807, 2.05) is 0 Å². The number of primary amides is 1. The predicted molar refractivity (Wildman–Crippen MR) is 127 cm³/mol. The number of carbonyl (C=O) groups is 5. The highest BCUT2D eigenvalue weighted by atomic mass is 16.4. The fourth-order valence-corrected chi connectivity index (χ4v) is 3.80. The molecule has 0 aliphatic carbocycles. The molecule has 198 valence electrons. The van der Waals surface area contributed by atoms with Gasteiger partial charge in [-0.15, -0.1) is 0 Å². The molecular formula is C21H38N8O6. The van der Waals surface area contributed by atoms with Gasteiger partial charge in [-0.2, -0.15) is 0 Å². The Kier molecular flexibility index (Phi) is 11.9. The number of carboxylic acid groups (broad SMARTS) is 1. The van der Waals surface area contributed by atoms with Crippen LogP contribution < -0.4 is 33.6 Å². The van der Waals surface area contributed by atoms with Gasteiger partial charge >= 0.3 is 5.97 Å². The highest BCUT2D eigenvalue weighted by molar-refractivity contribution is 5.96. The molecule has 0 radical (unpaired) electrons. The predicted octanol–water partition coefficient (Wildman–Crippen LogP) is -2.67.